The first-order chi connectivity index (χ1) is 56.7. The van der Waals surface area contributed by atoms with Gasteiger partial charge in [-0.05, 0) is 227 Å². The summed E-state index contributed by atoms with van der Waals surface area (Å²) < 4.78 is 45.5. The van der Waals surface area contributed by atoms with E-state index in [1.165, 1.54) is 19.1 Å². The molecular formula is C94H86N8O14P2. The molecule has 0 unspecified atom stereocenters. The Labute approximate surface area is 681 Å². The molecule has 0 atom stereocenters. The van der Waals surface area contributed by atoms with Gasteiger partial charge in [-0.25, -0.2) is 19.9 Å². The smallest absolute Gasteiger partial charge is 0.357 e. The maximum absolute atomic E-state index is 12.4. The number of imidazole rings is 4. The van der Waals surface area contributed by atoms with E-state index < -0.39 is 15.2 Å². The van der Waals surface area contributed by atoms with Gasteiger partial charge in [-0.2, -0.15) is 0 Å². The van der Waals surface area contributed by atoms with Gasteiger partial charge in [0.2, 0.25) is 0 Å². The number of nitrogens with zero attached hydrogens (tertiary/aromatic N) is 4. The third-order valence-corrected chi connectivity index (χ3v) is 22.0. The fourth-order valence-corrected chi connectivity index (χ4v) is 15.6. The van der Waals surface area contributed by atoms with Gasteiger partial charge in [0.15, 0.2) is 0 Å². The van der Waals surface area contributed by atoms with Gasteiger partial charge in [0.1, 0.15) is 69.3 Å². The molecule has 0 fully saturated rings. The molecule has 16 rings (SSSR count). The predicted octanol–water partition coefficient (Wildman–Crippen LogP) is 20.0. The highest BCUT2D eigenvalue weighted by atomic mass is 31.2. The first-order valence-electron chi connectivity index (χ1n) is 37.3. The fraction of sp³-hybridized carbons (Fsp3) is 0.106. The maximum atomic E-state index is 12.4. The van der Waals surface area contributed by atoms with E-state index in [0.717, 1.165) is 124 Å². The zero-order valence-corrected chi connectivity index (χ0v) is 67.9. The average Bonchev–Trinajstić information content (AvgIpc) is 1.58. The zero-order valence-electron chi connectivity index (χ0n) is 66.1. The number of hydrogen-bond donors (Lipinski definition) is 12. The van der Waals surface area contributed by atoms with Crippen LogP contribution in [-0.2, 0) is 9.13 Å². The Hall–Kier alpha value is -13.8. The largest absolute Gasteiger partial charge is 0.508 e. The summed E-state index contributed by atoms with van der Waals surface area (Å²) in [6, 6.07) is 82.6. The van der Waals surface area contributed by atoms with Crippen LogP contribution in [0.25, 0.3) is 136 Å². The molecule has 4 heterocycles. The van der Waals surface area contributed by atoms with Crippen LogP contribution in [0.3, 0.4) is 0 Å². The van der Waals surface area contributed by atoms with Crippen molar-refractivity contribution in [1.82, 2.24) is 39.9 Å². The molecule has 0 amide bonds. The number of ether oxygens (including phenoxy) is 4. The van der Waals surface area contributed by atoms with Crippen molar-refractivity contribution in [2.75, 3.05) is 28.4 Å². The highest BCUT2D eigenvalue weighted by Gasteiger charge is 2.31. The summed E-state index contributed by atoms with van der Waals surface area (Å²) in [6.07, 6.45) is 0. The second-order valence-corrected chi connectivity index (χ2v) is 31.0. The minimum atomic E-state index is -4.73. The summed E-state index contributed by atoms with van der Waals surface area (Å²) in [6.45, 7) is 10.8. The molecular weight excluding hydrogens is 1530 g/mol. The van der Waals surface area contributed by atoms with Crippen molar-refractivity contribution in [3.63, 3.8) is 0 Å². The van der Waals surface area contributed by atoms with Crippen molar-refractivity contribution in [2.45, 2.75) is 41.5 Å². The van der Waals surface area contributed by atoms with Crippen molar-refractivity contribution >= 4 is 25.8 Å². The van der Waals surface area contributed by atoms with Crippen LogP contribution in [0.2, 0.25) is 0 Å². The molecule has 24 heteroatoms. The van der Waals surface area contributed by atoms with Crippen LogP contribution in [0.1, 0.15) is 33.4 Å². The molecule has 0 aliphatic rings. The molecule has 12 aromatic carbocycles. The van der Waals surface area contributed by atoms with Crippen LogP contribution in [0.4, 0.5) is 0 Å². The minimum Gasteiger partial charge on any atom is -0.508 e. The van der Waals surface area contributed by atoms with Crippen LogP contribution in [-0.4, -0.2) is 108 Å². The summed E-state index contributed by atoms with van der Waals surface area (Å²) in [7, 11) is -2.73. The van der Waals surface area contributed by atoms with Gasteiger partial charge in [-0.15, -0.1) is 0 Å². The monoisotopic (exact) mass is 1610 g/mol. The van der Waals surface area contributed by atoms with Gasteiger partial charge in [0.05, 0.1) is 84.6 Å². The normalized spacial score (nSPS) is 11.2. The van der Waals surface area contributed by atoms with Gasteiger partial charge in [-0.1, -0.05) is 109 Å². The quantitative estimate of drug-likeness (QED) is 0.0355. The summed E-state index contributed by atoms with van der Waals surface area (Å²) in [5, 5.41) is 39.7. The molecule has 0 saturated carbocycles. The summed E-state index contributed by atoms with van der Waals surface area (Å²) in [4.78, 5) is 72.5. The lowest BCUT2D eigenvalue weighted by Gasteiger charge is -2.15. The van der Waals surface area contributed by atoms with Gasteiger partial charge in [-0.3, -0.25) is 9.13 Å². The molecule has 22 nitrogen and oxygen atoms in total. The maximum Gasteiger partial charge on any atom is 0.357 e. The topological polar surface area (TPSA) is 348 Å². The number of H-pyrrole nitrogens is 4. The Balaban J connectivity index is 0.000000137. The first-order valence-corrected chi connectivity index (χ1v) is 40.5. The molecule has 0 bridgehead atoms. The van der Waals surface area contributed by atoms with Crippen LogP contribution in [0.5, 0.6) is 46.0 Å². The molecule has 0 spiro atoms. The fourth-order valence-electron chi connectivity index (χ4n) is 13.8. The lowest BCUT2D eigenvalue weighted by Crippen LogP contribution is -2.14. The van der Waals surface area contributed by atoms with Crippen molar-refractivity contribution in [1.29, 1.82) is 0 Å². The van der Waals surface area contributed by atoms with E-state index in [4.69, 9.17) is 33.9 Å². The molecule has 118 heavy (non-hydrogen) atoms. The Morgan fingerprint density at radius 1 is 0.280 bits per heavy atom. The number of aromatic hydroxyl groups is 4. The third kappa shape index (κ3) is 18.3. The molecule has 596 valence electrons. The zero-order chi connectivity index (χ0) is 83.7. The van der Waals surface area contributed by atoms with Gasteiger partial charge in [0, 0.05) is 72.3 Å². The number of rotatable bonds is 18. The highest BCUT2D eigenvalue weighted by Crippen LogP contribution is 2.46. The Morgan fingerprint density at radius 3 is 0.941 bits per heavy atom. The van der Waals surface area contributed by atoms with E-state index in [-0.39, 0.29) is 39.1 Å². The first kappa shape index (κ1) is 82.2. The Morgan fingerprint density at radius 2 is 0.568 bits per heavy atom. The van der Waals surface area contributed by atoms with Crippen LogP contribution < -0.4 is 29.6 Å². The average molecular weight is 1610 g/mol. The number of methoxy groups -OCH3 is 4. The van der Waals surface area contributed by atoms with Gasteiger partial charge >= 0.3 is 15.2 Å². The van der Waals surface area contributed by atoms with Crippen LogP contribution >= 0.6 is 15.2 Å². The van der Waals surface area contributed by atoms with Crippen molar-refractivity contribution < 1.29 is 68.1 Å². The molecule has 0 saturated heterocycles. The standard InChI is InChI=1S/C25H25N2O6P.C25H24N2O3.C23H20N2O.C21H17N2O4P/c1-14-13-20(24(34(29,30)31)15(2)23(14)28)25-26-21(16-5-9-18(32-3)10-6-16)22(27-25)17-7-11-19(33-4)12-8-17;1-15-13-19(14-16(2)24(15)28)25-26-22(17-5-9-20(29-3)10-6-17)23(27-25)18-7-11-21(30-4)12-8-18;1-15-13-19(14-16(2)22(15)26)23-24-20(17-9-5-3-6-10-17)21(25-23)18-11-7-4-8-12-18;24-16-12-10-15(11-13-16)21-22-19(14-6-2-1-3-7-14)20(23-21)17-8-4-5-9-18(17)28(25,26)27/h5-13,28H,1-4H3,(H,26,27)(H2,29,30,31);5-14,28H,1-4H3,(H,26,27);3-14,26H,1-2H3,(H,24,25);1-13,24H,(H,22,23)(H2,25,26,27). The molecule has 0 aliphatic heterocycles. The van der Waals surface area contributed by atoms with E-state index in [1.807, 2.05) is 216 Å². The molecule has 4 aromatic heterocycles. The number of aryl methyl sites for hydroxylation is 5. The number of phenolic OH excluding ortho intramolecular Hbond substituents is 4. The summed E-state index contributed by atoms with van der Waals surface area (Å²) >= 11 is 0. The second-order valence-electron chi connectivity index (χ2n) is 27.9. The van der Waals surface area contributed by atoms with Crippen molar-refractivity contribution in [2.24, 2.45) is 0 Å². The number of phenols is 4. The number of benzene rings is 12. The van der Waals surface area contributed by atoms with Gasteiger partial charge in [0.25, 0.3) is 0 Å². The second kappa shape index (κ2) is 35.5. The SMILES string of the molecule is COc1ccc(-c2nc(-c3cc(C)c(O)c(C)c3)[nH]c2-c2ccc(OC)cc2)cc1.COc1ccc(-c2nc(-c3cc(C)c(O)c(C)c3P(=O)(O)O)[nH]c2-c2ccc(OC)cc2)cc1.Cc1cc(-c2nc(-c3ccccc3)c(-c3ccccc3)[nH]2)cc(C)c1O.O=P(O)(O)c1ccccc1-c1[nH]c(-c2ccc(O)cc2)nc1-c1ccccc1. The lowest BCUT2D eigenvalue weighted by molar-refractivity contribution is 0.385. The van der Waals surface area contributed by atoms with Crippen LogP contribution in [0.15, 0.2) is 267 Å². The summed E-state index contributed by atoms with van der Waals surface area (Å²) in [5.41, 5.74) is 19.9. The van der Waals surface area contributed by atoms with Crippen LogP contribution in [0, 0.1) is 41.5 Å². The molecule has 0 radical (unpaired) electrons. The highest BCUT2D eigenvalue weighted by molar-refractivity contribution is 7.61. The predicted molar refractivity (Wildman–Crippen MR) is 464 cm³/mol. The Bertz CT molecular complexity index is 6090. The Kier molecular flexibility index (Phi) is 24.7. The van der Waals surface area contributed by atoms with E-state index in [9.17, 15) is 49.1 Å². The third-order valence-electron chi connectivity index (χ3n) is 19.9. The van der Waals surface area contributed by atoms with Gasteiger partial charge < -0.3 is 78.9 Å². The molecule has 0 aliphatic carbocycles. The van der Waals surface area contributed by atoms with E-state index >= 15 is 0 Å². The lowest BCUT2D eigenvalue weighted by atomic mass is 10.0. The molecule has 16 aromatic rings. The van der Waals surface area contributed by atoms with E-state index in [2.05, 4.69) is 49.2 Å². The van der Waals surface area contributed by atoms with E-state index in [0.29, 0.717) is 62.7 Å². The van der Waals surface area contributed by atoms with Crippen molar-refractivity contribution in [3.05, 3.63) is 300 Å². The number of hydrogen-bond acceptors (Lipinski definition) is 14. The number of nitrogens with one attached hydrogen (secondary N) is 4. The summed E-state index contributed by atoms with van der Waals surface area (Å²) in [5.74, 6) is 6.00. The number of aromatic amines is 4. The molecule has 12 N–H and O–H groups in total. The number of aromatic nitrogens is 8. The minimum absolute atomic E-state index is 0.0620. The van der Waals surface area contributed by atoms with Crippen molar-refractivity contribution in [3.8, 4) is 182 Å². The van der Waals surface area contributed by atoms with E-state index in [1.54, 1.807) is 77.8 Å².